The average molecular weight is 512 g/mol. The quantitative estimate of drug-likeness (QED) is 0.486. The fraction of sp³-hybridized carbons (Fsp3) is 0.421. The van der Waals surface area contributed by atoms with E-state index in [0.717, 1.165) is 12.8 Å². The first kappa shape index (κ1) is 19.4. The van der Waals surface area contributed by atoms with Crippen molar-refractivity contribution in [2.75, 3.05) is 18.8 Å². The van der Waals surface area contributed by atoms with E-state index in [1.807, 2.05) is 4.90 Å². The summed E-state index contributed by atoms with van der Waals surface area (Å²) in [5.41, 5.74) is 6.87. The van der Waals surface area contributed by atoms with Gasteiger partial charge in [0, 0.05) is 57.9 Å². The van der Waals surface area contributed by atoms with Crippen LogP contribution in [-0.2, 0) is 4.79 Å². The van der Waals surface area contributed by atoms with Crippen molar-refractivity contribution in [1.29, 1.82) is 0 Å². The van der Waals surface area contributed by atoms with E-state index >= 15 is 0 Å². The van der Waals surface area contributed by atoms with Gasteiger partial charge in [-0.2, -0.15) is 0 Å². The molecule has 3 N–H and O–H groups in total. The molecule has 2 fully saturated rings. The van der Waals surface area contributed by atoms with Gasteiger partial charge in [-0.25, -0.2) is 4.79 Å². The first-order valence-electron chi connectivity index (χ1n) is 9.20. The first-order valence-corrected chi connectivity index (χ1v) is 10.8. The number of piperidine rings is 1. The number of carbonyl (C=O) groups is 2. The molecule has 2 atom stereocenters. The van der Waals surface area contributed by atoms with Gasteiger partial charge in [-0.05, 0) is 63.3 Å². The van der Waals surface area contributed by atoms with Crippen LogP contribution in [0.1, 0.15) is 35.7 Å². The fourth-order valence-electron chi connectivity index (χ4n) is 3.92. The van der Waals surface area contributed by atoms with Crippen LogP contribution in [0.3, 0.4) is 0 Å². The molecule has 1 aromatic heterocycles. The fourth-order valence-corrected chi connectivity index (χ4v) is 5.10. The molecular weight excluding hydrogens is 492 g/mol. The second-order valence-corrected chi connectivity index (χ2v) is 9.10. The summed E-state index contributed by atoms with van der Waals surface area (Å²) in [6.07, 6.45) is 5.46. The van der Waals surface area contributed by atoms with E-state index in [2.05, 4.69) is 36.8 Å². The second kappa shape index (κ2) is 7.51. The van der Waals surface area contributed by atoms with Gasteiger partial charge in [-0.15, -0.1) is 0 Å². The Morgan fingerprint density at radius 3 is 2.32 bits per heavy atom. The Kier molecular flexibility index (Phi) is 5.22. The third-order valence-electron chi connectivity index (χ3n) is 5.65. The van der Waals surface area contributed by atoms with E-state index in [-0.39, 0.29) is 35.3 Å². The normalized spacial score (nSPS) is 22.3. The highest BCUT2D eigenvalue weighted by molar-refractivity contribution is 9.11. The number of hydrogen-bond acceptors (Lipinski definition) is 4. The summed E-state index contributed by atoms with van der Waals surface area (Å²) in [6.45, 7) is 1.22. The number of H-pyrrole nitrogens is 1. The molecule has 2 unspecified atom stereocenters. The van der Waals surface area contributed by atoms with Crippen molar-refractivity contribution in [2.24, 2.45) is 11.8 Å². The highest BCUT2D eigenvalue weighted by atomic mass is 79.9. The third kappa shape index (κ3) is 3.57. The minimum Gasteiger partial charge on any atom is -0.397 e. The number of likely N-dealkylation sites (tertiary alicyclic amines) is 1. The number of imidazole rings is 1. The molecule has 1 aliphatic heterocycles. The van der Waals surface area contributed by atoms with Gasteiger partial charge in [0.1, 0.15) is 0 Å². The number of nitrogens with two attached hydrogens (primary N) is 1. The molecule has 0 bridgehead atoms. The average Bonchev–Trinajstić information content (AvgIpc) is 3.38. The van der Waals surface area contributed by atoms with Crippen LogP contribution < -0.4 is 11.4 Å². The lowest BCUT2D eigenvalue weighted by Gasteiger charge is -2.32. The highest BCUT2D eigenvalue weighted by Gasteiger charge is 2.49. The maximum Gasteiger partial charge on any atom is 0.325 e. The number of nitrogens with zero attached hydrogens (tertiary/aromatic N) is 2. The Morgan fingerprint density at radius 1 is 1.11 bits per heavy atom. The van der Waals surface area contributed by atoms with Gasteiger partial charge in [0.15, 0.2) is 5.78 Å². The van der Waals surface area contributed by atoms with Crippen LogP contribution in [0.15, 0.2) is 38.3 Å². The molecule has 7 nitrogen and oxygen atoms in total. The van der Waals surface area contributed by atoms with E-state index in [4.69, 9.17) is 5.73 Å². The molecule has 2 aromatic rings. The standard InChI is InChI=1S/C19H20Br2N4O3/c20-14-7-10(8-15(21)16(14)22)17(26)12-9-13(12)18(27)24-4-1-11(2-5-24)25-6-3-23-19(25)28/h3,6-8,11-13H,1-2,4-5,9,22H2,(H,23,28). The smallest absolute Gasteiger partial charge is 0.325 e. The largest absolute Gasteiger partial charge is 0.397 e. The number of Topliss-reactive ketones (excluding diaryl/α,β-unsaturated/α-hetero) is 1. The minimum atomic E-state index is -0.264. The number of carbonyl (C=O) groups excluding carboxylic acids is 2. The summed E-state index contributed by atoms with van der Waals surface area (Å²) < 4.78 is 3.02. The van der Waals surface area contributed by atoms with Crippen LogP contribution in [0, 0.1) is 11.8 Å². The maximum atomic E-state index is 12.8. The number of hydrogen-bond donors (Lipinski definition) is 2. The zero-order valence-corrected chi connectivity index (χ0v) is 18.2. The van der Waals surface area contributed by atoms with Gasteiger partial charge >= 0.3 is 5.69 Å². The highest BCUT2D eigenvalue weighted by Crippen LogP contribution is 2.44. The monoisotopic (exact) mass is 510 g/mol. The summed E-state index contributed by atoms with van der Waals surface area (Å²) in [6, 6.07) is 3.54. The Balaban J connectivity index is 1.37. The van der Waals surface area contributed by atoms with Gasteiger partial charge in [-0.1, -0.05) is 0 Å². The SMILES string of the molecule is Nc1c(Br)cc(C(=O)C2CC2C(=O)N2CCC(n3cc[nH]c3=O)CC2)cc1Br. The van der Waals surface area contributed by atoms with Crippen molar-refractivity contribution in [1.82, 2.24) is 14.5 Å². The molecule has 4 rings (SSSR count). The number of ketones is 1. The maximum absolute atomic E-state index is 12.8. The van der Waals surface area contributed by atoms with Crippen molar-refractivity contribution in [3.8, 4) is 0 Å². The number of nitrogen functional groups attached to an aromatic ring is 1. The Hall–Kier alpha value is -1.87. The molecule has 9 heteroatoms. The summed E-state index contributed by atoms with van der Waals surface area (Å²) in [4.78, 5) is 41.8. The molecule has 2 aliphatic rings. The zero-order valence-electron chi connectivity index (χ0n) is 15.0. The third-order valence-corrected chi connectivity index (χ3v) is 6.97. The summed E-state index contributed by atoms with van der Waals surface area (Å²) in [5, 5.41) is 0. The Bertz CT molecular complexity index is 968. The topological polar surface area (TPSA) is 101 Å². The molecule has 1 saturated heterocycles. The number of anilines is 1. The number of aromatic nitrogens is 2. The molecule has 1 aliphatic carbocycles. The predicted molar refractivity (Wildman–Crippen MR) is 112 cm³/mol. The lowest BCUT2D eigenvalue weighted by molar-refractivity contribution is -0.134. The molecule has 1 aromatic carbocycles. The molecule has 0 spiro atoms. The number of nitrogens with one attached hydrogen (secondary N) is 1. The van der Waals surface area contributed by atoms with Gasteiger partial charge in [0.05, 0.1) is 5.69 Å². The van der Waals surface area contributed by atoms with Crippen molar-refractivity contribution < 1.29 is 9.59 Å². The Labute approximate surface area is 178 Å². The van der Waals surface area contributed by atoms with Crippen LogP contribution in [0.25, 0.3) is 0 Å². The summed E-state index contributed by atoms with van der Waals surface area (Å²) >= 11 is 6.72. The van der Waals surface area contributed by atoms with Crippen molar-refractivity contribution in [2.45, 2.75) is 25.3 Å². The molecule has 0 radical (unpaired) electrons. The van der Waals surface area contributed by atoms with E-state index in [1.54, 1.807) is 29.1 Å². The van der Waals surface area contributed by atoms with Crippen LogP contribution in [0.5, 0.6) is 0 Å². The molecule has 1 saturated carbocycles. The second-order valence-electron chi connectivity index (χ2n) is 7.40. The Morgan fingerprint density at radius 2 is 1.75 bits per heavy atom. The summed E-state index contributed by atoms with van der Waals surface area (Å²) in [5.74, 6) is -0.477. The van der Waals surface area contributed by atoms with Crippen LogP contribution >= 0.6 is 31.9 Å². The van der Waals surface area contributed by atoms with Gasteiger partial charge in [0.25, 0.3) is 0 Å². The summed E-state index contributed by atoms with van der Waals surface area (Å²) in [7, 11) is 0. The van der Waals surface area contributed by atoms with E-state index in [1.165, 1.54) is 0 Å². The first-order chi connectivity index (χ1) is 13.4. The van der Waals surface area contributed by atoms with Crippen molar-refractivity contribution in [3.63, 3.8) is 0 Å². The van der Waals surface area contributed by atoms with E-state index < -0.39 is 0 Å². The van der Waals surface area contributed by atoms with Gasteiger partial charge in [0.2, 0.25) is 5.91 Å². The van der Waals surface area contributed by atoms with Crippen LogP contribution in [0.2, 0.25) is 0 Å². The van der Waals surface area contributed by atoms with Gasteiger partial charge in [-0.3, -0.25) is 14.2 Å². The zero-order chi connectivity index (χ0) is 20.0. The van der Waals surface area contributed by atoms with Crippen molar-refractivity contribution in [3.05, 3.63) is 49.5 Å². The molecule has 2 heterocycles. The number of halogens is 2. The molecular formula is C19H20Br2N4O3. The lowest BCUT2D eigenvalue weighted by atomic mass is 10.0. The molecule has 148 valence electrons. The molecule has 28 heavy (non-hydrogen) atoms. The number of aromatic amines is 1. The van der Waals surface area contributed by atoms with Crippen LogP contribution in [-0.4, -0.2) is 39.2 Å². The number of rotatable bonds is 4. The lowest BCUT2D eigenvalue weighted by Crippen LogP contribution is -2.41. The number of amides is 1. The number of benzene rings is 1. The molecule has 1 amide bonds. The van der Waals surface area contributed by atoms with E-state index in [9.17, 15) is 14.4 Å². The van der Waals surface area contributed by atoms with E-state index in [0.29, 0.717) is 39.7 Å². The van der Waals surface area contributed by atoms with Gasteiger partial charge < -0.3 is 15.6 Å². The minimum absolute atomic E-state index is 0.0199. The van der Waals surface area contributed by atoms with Crippen LogP contribution in [0.4, 0.5) is 5.69 Å². The predicted octanol–water partition coefficient (Wildman–Crippen LogP) is 2.97. The van der Waals surface area contributed by atoms with Crippen molar-refractivity contribution >= 4 is 49.2 Å².